The second-order valence-electron chi connectivity index (χ2n) is 4.76. The van der Waals surface area contributed by atoms with E-state index in [4.69, 9.17) is 16.3 Å². The molecule has 0 atom stereocenters. The van der Waals surface area contributed by atoms with E-state index in [9.17, 15) is 4.79 Å². The maximum absolute atomic E-state index is 11.9. The van der Waals surface area contributed by atoms with E-state index < -0.39 is 0 Å². The van der Waals surface area contributed by atoms with Crippen molar-refractivity contribution in [1.82, 2.24) is 5.32 Å². The van der Waals surface area contributed by atoms with Gasteiger partial charge in [0, 0.05) is 29.4 Å². The van der Waals surface area contributed by atoms with Gasteiger partial charge >= 0.3 is 0 Å². The number of ether oxygens (including phenoxy) is 1. The number of rotatable bonds is 7. The number of ketones is 1. The first-order chi connectivity index (χ1) is 10.7. The molecule has 0 radical (unpaired) electrons. The van der Waals surface area contributed by atoms with Gasteiger partial charge in [-0.1, -0.05) is 23.7 Å². The molecular weight excluding hydrogens is 298 g/mol. The molecule has 2 aromatic carbocycles. The summed E-state index contributed by atoms with van der Waals surface area (Å²) in [5.74, 6) is 0.697. The van der Waals surface area contributed by atoms with Gasteiger partial charge in [-0.15, -0.1) is 0 Å². The molecule has 114 valence electrons. The van der Waals surface area contributed by atoms with Gasteiger partial charge in [0.1, 0.15) is 5.75 Å². The number of carbonyl (C=O) groups excluding carboxylic acids is 1. The molecular formula is C18H18ClNO2. The van der Waals surface area contributed by atoms with E-state index in [1.807, 2.05) is 24.3 Å². The number of methoxy groups -OCH3 is 1. The van der Waals surface area contributed by atoms with Gasteiger partial charge < -0.3 is 10.1 Å². The van der Waals surface area contributed by atoms with Crippen molar-refractivity contribution in [2.45, 2.75) is 6.42 Å². The summed E-state index contributed by atoms with van der Waals surface area (Å²) in [5, 5.41) is 3.85. The molecule has 3 nitrogen and oxygen atoms in total. The number of allylic oxidation sites excluding steroid dienone is 1. The minimum atomic E-state index is -0.0401. The molecule has 0 aliphatic rings. The van der Waals surface area contributed by atoms with Crippen LogP contribution >= 0.6 is 11.6 Å². The minimum Gasteiger partial charge on any atom is -0.497 e. The van der Waals surface area contributed by atoms with Crippen molar-refractivity contribution in [2.24, 2.45) is 0 Å². The number of hydrogen-bond acceptors (Lipinski definition) is 3. The molecule has 2 rings (SSSR count). The van der Waals surface area contributed by atoms with Crippen molar-refractivity contribution in [3.05, 3.63) is 77.0 Å². The number of benzene rings is 2. The van der Waals surface area contributed by atoms with Crippen LogP contribution in [0.25, 0.3) is 0 Å². The first-order valence-electron chi connectivity index (χ1n) is 7.02. The summed E-state index contributed by atoms with van der Waals surface area (Å²) >= 11 is 5.84. The topological polar surface area (TPSA) is 38.3 Å². The summed E-state index contributed by atoms with van der Waals surface area (Å²) in [5.41, 5.74) is 1.84. The summed E-state index contributed by atoms with van der Waals surface area (Å²) in [6.07, 6.45) is 4.09. The fraction of sp³-hybridized carbons (Fsp3) is 0.167. The Labute approximate surface area is 135 Å². The van der Waals surface area contributed by atoms with E-state index in [1.54, 1.807) is 37.6 Å². The van der Waals surface area contributed by atoms with Gasteiger partial charge in [-0.25, -0.2) is 0 Å². The fourth-order valence-corrected chi connectivity index (χ4v) is 2.06. The van der Waals surface area contributed by atoms with Crippen LogP contribution in [0.4, 0.5) is 0 Å². The SMILES string of the molecule is COc1ccc(C(=O)/C=C/NCCc2ccc(Cl)cc2)cc1. The molecule has 0 fully saturated rings. The maximum Gasteiger partial charge on any atom is 0.187 e. The van der Waals surface area contributed by atoms with Crippen LogP contribution in [0.2, 0.25) is 5.02 Å². The van der Waals surface area contributed by atoms with Crippen LogP contribution in [0.15, 0.2) is 60.8 Å². The van der Waals surface area contributed by atoms with Gasteiger partial charge in [-0.2, -0.15) is 0 Å². The quantitative estimate of drug-likeness (QED) is 0.479. The van der Waals surface area contributed by atoms with Gasteiger partial charge in [0.25, 0.3) is 0 Å². The lowest BCUT2D eigenvalue weighted by Gasteiger charge is -2.02. The Balaban J connectivity index is 1.76. The van der Waals surface area contributed by atoms with Gasteiger partial charge in [-0.05, 0) is 48.4 Å². The van der Waals surface area contributed by atoms with E-state index >= 15 is 0 Å². The van der Waals surface area contributed by atoms with Crippen LogP contribution in [0.1, 0.15) is 15.9 Å². The first-order valence-corrected chi connectivity index (χ1v) is 7.39. The summed E-state index contributed by atoms with van der Waals surface area (Å²) < 4.78 is 5.06. The standard InChI is InChI=1S/C18H18ClNO2/c1-22-17-8-4-15(5-9-17)18(21)11-13-20-12-10-14-2-6-16(19)7-3-14/h2-9,11,13,20H,10,12H2,1H3/b13-11+. The van der Waals surface area contributed by atoms with E-state index in [0.717, 1.165) is 23.7 Å². The van der Waals surface area contributed by atoms with Crippen molar-refractivity contribution < 1.29 is 9.53 Å². The molecule has 0 aliphatic heterocycles. The van der Waals surface area contributed by atoms with Gasteiger partial charge in [0.05, 0.1) is 7.11 Å². The Morgan fingerprint density at radius 1 is 1.14 bits per heavy atom. The molecule has 0 heterocycles. The van der Waals surface area contributed by atoms with Crippen LogP contribution in [0.5, 0.6) is 5.75 Å². The lowest BCUT2D eigenvalue weighted by atomic mass is 10.1. The minimum absolute atomic E-state index is 0.0401. The van der Waals surface area contributed by atoms with E-state index in [0.29, 0.717) is 5.56 Å². The molecule has 4 heteroatoms. The third kappa shape index (κ3) is 4.93. The molecule has 0 saturated carbocycles. The zero-order valence-corrected chi connectivity index (χ0v) is 13.1. The fourth-order valence-electron chi connectivity index (χ4n) is 1.94. The smallest absolute Gasteiger partial charge is 0.187 e. The Kier molecular flexibility index (Phi) is 6.04. The molecule has 0 spiro atoms. The molecule has 22 heavy (non-hydrogen) atoms. The second kappa shape index (κ2) is 8.25. The van der Waals surface area contributed by atoms with E-state index in [2.05, 4.69) is 5.32 Å². The zero-order valence-electron chi connectivity index (χ0n) is 12.4. The lowest BCUT2D eigenvalue weighted by Crippen LogP contribution is -2.10. The molecule has 1 N–H and O–H groups in total. The maximum atomic E-state index is 11.9. The van der Waals surface area contributed by atoms with E-state index in [1.165, 1.54) is 11.6 Å². The Hall–Kier alpha value is -2.26. The summed E-state index contributed by atoms with van der Waals surface area (Å²) in [4.78, 5) is 11.9. The average Bonchev–Trinajstić information content (AvgIpc) is 2.56. The summed E-state index contributed by atoms with van der Waals surface area (Å²) in [7, 11) is 1.60. The van der Waals surface area contributed by atoms with Gasteiger partial charge in [0.15, 0.2) is 5.78 Å². The molecule has 2 aromatic rings. The van der Waals surface area contributed by atoms with Gasteiger partial charge in [0.2, 0.25) is 0 Å². The monoisotopic (exact) mass is 315 g/mol. The number of halogens is 1. The second-order valence-corrected chi connectivity index (χ2v) is 5.19. The van der Waals surface area contributed by atoms with Crippen molar-refractivity contribution in [1.29, 1.82) is 0 Å². The number of hydrogen-bond donors (Lipinski definition) is 1. The van der Waals surface area contributed by atoms with Crippen LogP contribution < -0.4 is 10.1 Å². The largest absolute Gasteiger partial charge is 0.497 e. The first kappa shape index (κ1) is 16.1. The Bertz CT molecular complexity index is 633. The van der Waals surface area contributed by atoms with Crippen molar-refractivity contribution in [3.63, 3.8) is 0 Å². The highest BCUT2D eigenvalue weighted by atomic mass is 35.5. The third-order valence-electron chi connectivity index (χ3n) is 3.20. The summed E-state index contributed by atoms with van der Waals surface area (Å²) in [6.45, 7) is 0.758. The predicted molar refractivity (Wildman–Crippen MR) is 89.6 cm³/mol. The van der Waals surface area contributed by atoms with Crippen LogP contribution in [0.3, 0.4) is 0 Å². The summed E-state index contributed by atoms with van der Waals surface area (Å²) in [6, 6.07) is 14.8. The zero-order chi connectivity index (χ0) is 15.8. The van der Waals surface area contributed by atoms with Crippen molar-refractivity contribution in [3.8, 4) is 5.75 Å². The average molecular weight is 316 g/mol. The van der Waals surface area contributed by atoms with Crippen molar-refractivity contribution >= 4 is 17.4 Å². The highest BCUT2D eigenvalue weighted by Gasteiger charge is 2.01. The van der Waals surface area contributed by atoms with Crippen LogP contribution in [-0.4, -0.2) is 19.4 Å². The van der Waals surface area contributed by atoms with Gasteiger partial charge in [-0.3, -0.25) is 4.79 Å². The number of nitrogens with one attached hydrogen (secondary N) is 1. The molecule has 0 saturated heterocycles. The molecule has 0 bridgehead atoms. The Morgan fingerprint density at radius 3 is 2.45 bits per heavy atom. The molecule has 0 unspecified atom stereocenters. The number of carbonyl (C=O) groups is 1. The third-order valence-corrected chi connectivity index (χ3v) is 3.45. The molecule has 0 aliphatic carbocycles. The van der Waals surface area contributed by atoms with Crippen LogP contribution in [0, 0.1) is 0 Å². The normalized spacial score (nSPS) is 10.6. The molecule has 0 aromatic heterocycles. The van der Waals surface area contributed by atoms with Crippen molar-refractivity contribution in [2.75, 3.05) is 13.7 Å². The van der Waals surface area contributed by atoms with E-state index in [-0.39, 0.29) is 5.78 Å². The predicted octanol–water partition coefficient (Wildman–Crippen LogP) is 3.88. The Morgan fingerprint density at radius 2 is 1.82 bits per heavy atom. The molecule has 0 amide bonds. The highest BCUT2D eigenvalue weighted by Crippen LogP contribution is 2.12. The lowest BCUT2D eigenvalue weighted by molar-refractivity contribution is 0.104. The highest BCUT2D eigenvalue weighted by molar-refractivity contribution is 6.30. The van der Waals surface area contributed by atoms with Crippen LogP contribution in [-0.2, 0) is 6.42 Å².